The van der Waals surface area contributed by atoms with Gasteiger partial charge in [-0.15, -0.1) is 0 Å². The Balaban J connectivity index is 1.46. The smallest absolute Gasteiger partial charge is 0.149 e. The Morgan fingerprint density at radius 3 is 2.32 bits per heavy atom. The van der Waals surface area contributed by atoms with Gasteiger partial charge in [-0.2, -0.15) is 0 Å². The Labute approximate surface area is 185 Å². The standard InChI is InChI=1S/C25H20N2O3S/c1-28-20-11-13-21(14-12-20)29-16-5-6-17-30-23-18-24(31)27(19-8-3-2-4-9-19)25-22(23)10-7-15-26-25/h2-4,7-15,18H,16-17H2,1H3. The quantitative estimate of drug-likeness (QED) is 0.311. The lowest BCUT2D eigenvalue weighted by Gasteiger charge is -2.13. The molecule has 4 rings (SSSR count). The Kier molecular flexibility index (Phi) is 6.46. The third-order valence-electron chi connectivity index (χ3n) is 4.55. The highest BCUT2D eigenvalue weighted by Gasteiger charge is 2.10. The van der Waals surface area contributed by atoms with Gasteiger partial charge in [-0.1, -0.05) is 42.3 Å². The second-order valence-electron chi connectivity index (χ2n) is 6.50. The number of fused-ring (bicyclic) bond motifs is 1. The SMILES string of the molecule is COc1ccc(OCC#CCOc2cc(=S)n(-c3ccccc3)c3ncccc23)cc1. The monoisotopic (exact) mass is 428 g/mol. The predicted octanol–water partition coefficient (Wildman–Crippen LogP) is 5.22. The molecule has 0 saturated heterocycles. The Bertz CT molecular complexity index is 1290. The van der Waals surface area contributed by atoms with Gasteiger partial charge in [0.15, 0.2) is 0 Å². The highest BCUT2D eigenvalue weighted by atomic mass is 32.1. The van der Waals surface area contributed by atoms with Crippen LogP contribution in [0.25, 0.3) is 16.7 Å². The van der Waals surface area contributed by atoms with Crippen LogP contribution in [0.4, 0.5) is 0 Å². The molecule has 2 aromatic carbocycles. The second kappa shape index (κ2) is 9.79. The number of nitrogens with zero attached hydrogens (tertiary/aromatic N) is 2. The first-order valence-corrected chi connectivity index (χ1v) is 10.1. The van der Waals surface area contributed by atoms with Crippen molar-refractivity contribution in [1.29, 1.82) is 0 Å². The van der Waals surface area contributed by atoms with Crippen molar-refractivity contribution in [2.24, 2.45) is 0 Å². The number of benzene rings is 2. The molecule has 0 spiro atoms. The zero-order valence-electron chi connectivity index (χ0n) is 16.9. The number of pyridine rings is 2. The van der Waals surface area contributed by atoms with Crippen LogP contribution in [-0.2, 0) is 0 Å². The average Bonchev–Trinajstić information content (AvgIpc) is 2.82. The van der Waals surface area contributed by atoms with Crippen LogP contribution in [0.2, 0.25) is 0 Å². The minimum atomic E-state index is 0.222. The maximum Gasteiger partial charge on any atom is 0.149 e. The number of hydrogen-bond acceptors (Lipinski definition) is 5. The van der Waals surface area contributed by atoms with Crippen LogP contribution in [0.1, 0.15) is 0 Å². The first kappa shape index (κ1) is 20.5. The largest absolute Gasteiger partial charge is 0.497 e. The summed E-state index contributed by atoms with van der Waals surface area (Å²) >= 11 is 5.62. The molecule has 6 heteroatoms. The van der Waals surface area contributed by atoms with Crippen molar-refractivity contribution < 1.29 is 14.2 Å². The molecular weight excluding hydrogens is 408 g/mol. The number of aromatic nitrogens is 2. The summed E-state index contributed by atoms with van der Waals surface area (Å²) in [6, 6.07) is 23.0. The molecule has 5 nitrogen and oxygen atoms in total. The van der Waals surface area contributed by atoms with Gasteiger partial charge >= 0.3 is 0 Å². The summed E-state index contributed by atoms with van der Waals surface area (Å²) in [5.41, 5.74) is 1.70. The Morgan fingerprint density at radius 1 is 0.871 bits per heavy atom. The van der Waals surface area contributed by atoms with Gasteiger partial charge in [0.1, 0.15) is 40.8 Å². The fraction of sp³-hybridized carbons (Fsp3) is 0.120. The van der Waals surface area contributed by atoms with Gasteiger partial charge in [0, 0.05) is 18.0 Å². The van der Waals surface area contributed by atoms with Crippen molar-refractivity contribution in [3.63, 3.8) is 0 Å². The molecular formula is C25H20N2O3S. The molecule has 0 amide bonds. The minimum absolute atomic E-state index is 0.222. The third-order valence-corrected chi connectivity index (χ3v) is 4.85. The highest BCUT2D eigenvalue weighted by Crippen LogP contribution is 2.27. The fourth-order valence-electron chi connectivity index (χ4n) is 3.08. The molecule has 2 heterocycles. The Hall–Kier alpha value is -3.82. The number of rotatable bonds is 6. The third kappa shape index (κ3) is 4.85. The van der Waals surface area contributed by atoms with E-state index in [4.69, 9.17) is 26.4 Å². The van der Waals surface area contributed by atoms with E-state index >= 15 is 0 Å². The highest BCUT2D eigenvalue weighted by molar-refractivity contribution is 7.71. The van der Waals surface area contributed by atoms with Gasteiger partial charge in [-0.3, -0.25) is 4.57 Å². The molecule has 0 atom stereocenters. The summed E-state index contributed by atoms with van der Waals surface area (Å²) in [5, 5.41) is 0.872. The summed E-state index contributed by atoms with van der Waals surface area (Å²) in [7, 11) is 1.63. The fourth-order valence-corrected chi connectivity index (χ4v) is 3.38. The summed E-state index contributed by atoms with van der Waals surface area (Å²) in [6.45, 7) is 0.493. The van der Waals surface area contributed by atoms with E-state index < -0.39 is 0 Å². The Morgan fingerprint density at radius 2 is 1.58 bits per heavy atom. The van der Waals surface area contributed by atoms with E-state index in [1.807, 2.05) is 77.4 Å². The summed E-state index contributed by atoms with van der Waals surface area (Å²) in [4.78, 5) is 4.53. The van der Waals surface area contributed by atoms with Crippen molar-refractivity contribution >= 4 is 23.3 Å². The lowest BCUT2D eigenvalue weighted by molar-refractivity contribution is 0.362. The summed E-state index contributed by atoms with van der Waals surface area (Å²) in [6.07, 6.45) is 1.75. The number of hydrogen-bond donors (Lipinski definition) is 0. The molecule has 0 aliphatic heterocycles. The molecule has 2 aromatic heterocycles. The van der Waals surface area contributed by atoms with Crippen molar-refractivity contribution in [3.05, 3.63) is 83.6 Å². The van der Waals surface area contributed by atoms with E-state index in [1.165, 1.54) is 0 Å². The predicted molar refractivity (Wildman–Crippen MR) is 124 cm³/mol. The average molecular weight is 429 g/mol. The number of methoxy groups -OCH3 is 1. The van der Waals surface area contributed by atoms with Crippen LogP contribution in [-0.4, -0.2) is 29.9 Å². The van der Waals surface area contributed by atoms with Crippen molar-refractivity contribution in [2.75, 3.05) is 20.3 Å². The van der Waals surface area contributed by atoms with Gasteiger partial charge in [0.05, 0.1) is 12.5 Å². The molecule has 0 aliphatic carbocycles. The zero-order chi connectivity index (χ0) is 21.5. The second-order valence-corrected chi connectivity index (χ2v) is 6.92. The maximum absolute atomic E-state index is 5.91. The maximum atomic E-state index is 5.91. The van der Waals surface area contributed by atoms with Crippen molar-refractivity contribution in [2.45, 2.75) is 0 Å². The molecule has 0 saturated carbocycles. The van der Waals surface area contributed by atoms with E-state index in [9.17, 15) is 0 Å². The van der Waals surface area contributed by atoms with Crippen molar-refractivity contribution in [3.8, 4) is 34.8 Å². The topological polar surface area (TPSA) is 45.5 Å². The van der Waals surface area contributed by atoms with Crippen LogP contribution in [0.3, 0.4) is 0 Å². The van der Waals surface area contributed by atoms with Crippen LogP contribution in [0, 0.1) is 16.5 Å². The van der Waals surface area contributed by atoms with Crippen LogP contribution >= 0.6 is 12.2 Å². The van der Waals surface area contributed by atoms with Gasteiger partial charge in [-0.25, -0.2) is 4.98 Å². The molecule has 31 heavy (non-hydrogen) atoms. The van der Waals surface area contributed by atoms with E-state index in [1.54, 1.807) is 13.3 Å². The lowest BCUT2D eigenvalue weighted by Crippen LogP contribution is -2.04. The van der Waals surface area contributed by atoms with Crippen LogP contribution < -0.4 is 14.2 Å². The van der Waals surface area contributed by atoms with Gasteiger partial charge < -0.3 is 14.2 Å². The molecule has 154 valence electrons. The zero-order valence-corrected chi connectivity index (χ0v) is 17.8. The molecule has 0 radical (unpaired) electrons. The van der Waals surface area contributed by atoms with Crippen LogP contribution in [0.15, 0.2) is 79.0 Å². The summed E-state index contributed by atoms with van der Waals surface area (Å²) in [5.74, 6) is 8.11. The molecule has 0 unspecified atom stereocenters. The van der Waals surface area contributed by atoms with E-state index in [0.717, 1.165) is 28.2 Å². The van der Waals surface area contributed by atoms with E-state index in [2.05, 4.69) is 16.8 Å². The molecule has 0 bridgehead atoms. The van der Waals surface area contributed by atoms with Crippen LogP contribution in [0.5, 0.6) is 17.2 Å². The molecule has 0 N–H and O–H groups in total. The normalized spacial score (nSPS) is 10.2. The molecule has 4 aromatic rings. The van der Waals surface area contributed by atoms with E-state index in [0.29, 0.717) is 10.4 Å². The first-order chi connectivity index (χ1) is 15.3. The summed E-state index contributed by atoms with van der Waals surface area (Å²) < 4.78 is 19.2. The number of para-hydroxylation sites is 1. The lowest BCUT2D eigenvalue weighted by atomic mass is 10.2. The van der Waals surface area contributed by atoms with Gasteiger partial charge in [0.25, 0.3) is 0 Å². The first-order valence-electron chi connectivity index (χ1n) is 9.68. The molecule has 0 aliphatic rings. The van der Waals surface area contributed by atoms with E-state index in [-0.39, 0.29) is 13.2 Å². The van der Waals surface area contributed by atoms with Crippen molar-refractivity contribution in [1.82, 2.24) is 9.55 Å². The van der Waals surface area contributed by atoms with Gasteiger partial charge in [0.2, 0.25) is 0 Å². The minimum Gasteiger partial charge on any atom is -0.497 e. The van der Waals surface area contributed by atoms with Gasteiger partial charge in [-0.05, 0) is 48.5 Å². The molecule has 0 fully saturated rings. The number of ether oxygens (including phenoxy) is 3.